The number of pyridine rings is 1. The van der Waals surface area contributed by atoms with Crippen molar-refractivity contribution in [3.05, 3.63) is 33.7 Å². The lowest BCUT2D eigenvalue weighted by Gasteiger charge is -2.20. The predicted molar refractivity (Wildman–Crippen MR) is 69.8 cm³/mol. The zero-order valence-corrected chi connectivity index (χ0v) is 11.1. The third-order valence-electron chi connectivity index (χ3n) is 3.29. The largest absolute Gasteiger partial charge is 0.351 e. The molecule has 0 saturated carbocycles. The molecule has 0 saturated heterocycles. The van der Waals surface area contributed by atoms with E-state index in [0.717, 1.165) is 25.0 Å². The normalized spacial score (nSPS) is 14.2. The molecule has 0 bridgehead atoms. The van der Waals surface area contributed by atoms with Crippen LogP contribution in [0.1, 0.15) is 31.5 Å². The van der Waals surface area contributed by atoms with Crippen LogP contribution in [0.3, 0.4) is 0 Å². The van der Waals surface area contributed by atoms with Crippen LogP contribution in [0.15, 0.2) is 16.9 Å². The molecule has 2 rings (SSSR count). The summed E-state index contributed by atoms with van der Waals surface area (Å²) in [4.78, 5) is 12.0. The molecular weight excluding hydrogens is 230 g/mol. The Morgan fingerprint density at radius 3 is 2.61 bits per heavy atom. The maximum atomic E-state index is 12.0. The monoisotopic (exact) mass is 251 g/mol. The van der Waals surface area contributed by atoms with E-state index in [9.17, 15) is 4.79 Å². The van der Waals surface area contributed by atoms with Gasteiger partial charge in [-0.3, -0.25) is 4.79 Å². The van der Waals surface area contributed by atoms with Crippen LogP contribution < -0.4 is 5.56 Å². The van der Waals surface area contributed by atoms with Crippen molar-refractivity contribution in [2.24, 2.45) is 0 Å². The standard InChI is InChI=1S/C14H21NO3/c1-3-17-14(18-4-2)10-15-12-7-5-6-11(12)8-9-13(15)16/h8-9,14H,3-7,10H2,1-2H3. The molecule has 0 fully saturated rings. The van der Waals surface area contributed by atoms with Gasteiger partial charge in [-0.15, -0.1) is 0 Å². The van der Waals surface area contributed by atoms with Crippen molar-refractivity contribution >= 4 is 0 Å². The average molecular weight is 251 g/mol. The van der Waals surface area contributed by atoms with Crippen LogP contribution >= 0.6 is 0 Å². The molecule has 1 aliphatic carbocycles. The Kier molecular flexibility index (Phi) is 4.55. The molecule has 0 amide bonds. The van der Waals surface area contributed by atoms with Crippen LogP contribution in [0.25, 0.3) is 0 Å². The molecule has 4 heteroatoms. The molecule has 0 atom stereocenters. The predicted octanol–water partition coefficient (Wildman–Crippen LogP) is 1.74. The molecule has 0 aromatic carbocycles. The Morgan fingerprint density at radius 2 is 1.94 bits per heavy atom. The van der Waals surface area contributed by atoms with Crippen molar-refractivity contribution < 1.29 is 9.47 Å². The van der Waals surface area contributed by atoms with E-state index >= 15 is 0 Å². The molecule has 0 radical (unpaired) electrons. The van der Waals surface area contributed by atoms with E-state index in [2.05, 4.69) is 0 Å². The Balaban J connectivity index is 2.22. The maximum Gasteiger partial charge on any atom is 0.250 e. The first-order valence-corrected chi connectivity index (χ1v) is 6.71. The fraction of sp³-hybridized carbons (Fsp3) is 0.643. The first-order chi connectivity index (χ1) is 8.76. The van der Waals surface area contributed by atoms with Gasteiger partial charge in [0.2, 0.25) is 0 Å². The third-order valence-corrected chi connectivity index (χ3v) is 3.29. The highest BCUT2D eigenvalue weighted by atomic mass is 16.7. The van der Waals surface area contributed by atoms with Gasteiger partial charge in [0.05, 0.1) is 6.54 Å². The summed E-state index contributed by atoms with van der Waals surface area (Å²) in [6.07, 6.45) is 2.86. The lowest BCUT2D eigenvalue weighted by Crippen LogP contribution is -2.32. The number of ether oxygens (including phenoxy) is 2. The average Bonchev–Trinajstić information content (AvgIpc) is 2.82. The molecule has 0 N–H and O–H groups in total. The van der Waals surface area contributed by atoms with Crippen molar-refractivity contribution in [1.82, 2.24) is 4.57 Å². The fourth-order valence-corrected chi connectivity index (χ4v) is 2.51. The third kappa shape index (κ3) is 2.82. The number of hydrogen-bond acceptors (Lipinski definition) is 3. The van der Waals surface area contributed by atoms with Crippen LogP contribution in [0.5, 0.6) is 0 Å². The first-order valence-electron chi connectivity index (χ1n) is 6.71. The van der Waals surface area contributed by atoms with Gasteiger partial charge in [-0.1, -0.05) is 6.07 Å². The Labute approximate surface area is 108 Å². The van der Waals surface area contributed by atoms with Crippen molar-refractivity contribution in [2.75, 3.05) is 13.2 Å². The molecule has 4 nitrogen and oxygen atoms in total. The highest BCUT2D eigenvalue weighted by Crippen LogP contribution is 2.20. The maximum absolute atomic E-state index is 12.0. The van der Waals surface area contributed by atoms with E-state index in [1.165, 1.54) is 5.56 Å². The number of nitrogens with zero attached hydrogens (tertiary/aromatic N) is 1. The molecule has 1 aromatic rings. The lowest BCUT2D eigenvalue weighted by molar-refractivity contribution is -0.144. The summed E-state index contributed by atoms with van der Waals surface area (Å²) in [5.74, 6) is 0. The van der Waals surface area contributed by atoms with E-state index < -0.39 is 0 Å². The Hall–Kier alpha value is -1.13. The number of fused-ring (bicyclic) bond motifs is 1. The molecule has 18 heavy (non-hydrogen) atoms. The van der Waals surface area contributed by atoms with Gasteiger partial charge in [-0.05, 0) is 38.7 Å². The number of hydrogen-bond donors (Lipinski definition) is 0. The van der Waals surface area contributed by atoms with Crippen LogP contribution in [0.2, 0.25) is 0 Å². The van der Waals surface area contributed by atoms with Crippen LogP contribution in [-0.2, 0) is 28.9 Å². The lowest BCUT2D eigenvalue weighted by atomic mass is 10.2. The van der Waals surface area contributed by atoms with Crippen LogP contribution in [0.4, 0.5) is 0 Å². The number of aromatic nitrogens is 1. The van der Waals surface area contributed by atoms with E-state index in [1.807, 2.05) is 24.5 Å². The van der Waals surface area contributed by atoms with Crippen molar-refractivity contribution in [1.29, 1.82) is 0 Å². The van der Waals surface area contributed by atoms with Gasteiger partial charge < -0.3 is 14.0 Å². The quantitative estimate of drug-likeness (QED) is 0.723. The zero-order chi connectivity index (χ0) is 13.0. The number of rotatable bonds is 6. The molecular formula is C14H21NO3. The minimum absolute atomic E-state index is 0.0417. The van der Waals surface area contributed by atoms with E-state index in [1.54, 1.807) is 6.07 Å². The molecule has 100 valence electrons. The van der Waals surface area contributed by atoms with Gasteiger partial charge in [0, 0.05) is 25.0 Å². The highest BCUT2D eigenvalue weighted by molar-refractivity contribution is 5.25. The van der Waals surface area contributed by atoms with E-state index in [4.69, 9.17) is 9.47 Å². The first kappa shape index (κ1) is 13.3. The molecule has 0 unspecified atom stereocenters. The molecule has 1 heterocycles. The summed E-state index contributed by atoms with van der Waals surface area (Å²) in [5.41, 5.74) is 2.49. The summed E-state index contributed by atoms with van der Waals surface area (Å²) in [7, 11) is 0. The Bertz CT molecular complexity index is 447. The molecule has 1 aliphatic rings. The van der Waals surface area contributed by atoms with E-state index in [-0.39, 0.29) is 11.8 Å². The second kappa shape index (κ2) is 6.16. The minimum atomic E-state index is -0.329. The summed E-state index contributed by atoms with van der Waals surface area (Å²) >= 11 is 0. The molecule has 0 spiro atoms. The van der Waals surface area contributed by atoms with Gasteiger partial charge in [0.1, 0.15) is 0 Å². The second-order valence-electron chi connectivity index (χ2n) is 4.45. The van der Waals surface area contributed by atoms with Crippen molar-refractivity contribution in [3.8, 4) is 0 Å². The van der Waals surface area contributed by atoms with E-state index in [0.29, 0.717) is 19.8 Å². The summed E-state index contributed by atoms with van der Waals surface area (Å²) in [5, 5.41) is 0. The van der Waals surface area contributed by atoms with Crippen LogP contribution in [0, 0.1) is 0 Å². The van der Waals surface area contributed by atoms with Gasteiger partial charge in [-0.2, -0.15) is 0 Å². The summed E-state index contributed by atoms with van der Waals surface area (Å²) in [6.45, 7) is 5.54. The smallest absolute Gasteiger partial charge is 0.250 e. The van der Waals surface area contributed by atoms with Gasteiger partial charge in [0.15, 0.2) is 6.29 Å². The highest BCUT2D eigenvalue weighted by Gasteiger charge is 2.18. The molecule has 1 aromatic heterocycles. The van der Waals surface area contributed by atoms with Gasteiger partial charge >= 0.3 is 0 Å². The topological polar surface area (TPSA) is 40.5 Å². The van der Waals surface area contributed by atoms with Crippen molar-refractivity contribution in [2.45, 2.75) is 45.9 Å². The van der Waals surface area contributed by atoms with Gasteiger partial charge in [0.25, 0.3) is 5.56 Å². The summed E-state index contributed by atoms with van der Waals surface area (Å²) < 4.78 is 12.9. The zero-order valence-electron chi connectivity index (χ0n) is 11.1. The summed E-state index contributed by atoms with van der Waals surface area (Å²) in [6, 6.07) is 3.61. The second-order valence-corrected chi connectivity index (χ2v) is 4.45. The van der Waals surface area contributed by atoms with Crippen molar-refractivity contribution in [3.63, 3.8) is 0 Å². The molecule has 0 aliphatic heterocycles. The van der Waals surface area contributed by atoms with Gasteiger partial charge in [-0.25, -0.2) is 0 Å². The Morgan fingerprint density at radius 1 is 1.22 bits per heavy atom. The number of aryl methyl sites for hydroxylation is 1. The SMILES string of the molecule is CCOC(Cn1c2c(ccc1=O)CCC2)OCC. The minimum Gasteiger partial charge on any atom is -0.351 e. The van der Waals surface area contributed by atoms with Crippen LogP contribution in [-0.4, -0.2) is 24.1 Å². The fourth-order valence-electron chi connectivity index (χ4n) is 2.51.